The second kappa shape index (κ2) is 5.32. The van der Waals surface area contributed by atoms with E-state index in [2.05, 4.69) is 6.92 Å². The molecular weight excluding hydrogens is 180 g/mol. The van der Waals surface area contributed by atoms with Crippen molar-refractivity contribution in [2.24, 2.45) is 5.73 Å². The molecule has 0 aromatic heterocycles. The zero-order chi connectivity index (χ0) is 10.6. The molecule has 2 atom stereocenters. The quantitative estimate of drug-likeness (QED) is 0.676. The fourth-order valence-electron chi connectivity index (χ4n) is 1.79. The van der Waals surface area contributed by atoms with Gasteiger partial charge in [0.25, 0.3) is 0 Å². The number of hydrogen-bond acceptors (Lipinski definition) is 3. The van der Waals surface area contributed by atoms with E-state index in [1.165, 1.54) is 0 Å². The Morgan fingerprint density at radius 2 is 2.43 bits per heavy atom. The molecule has 1 fully saturated rings. The predicted molar refractivity (Wildman–Crippen MR) is 54.7 cm³/mol. The number of aliphatic hydroxyl groups excluding tert-OH is 1. The highest BCUT2D eigenvalue weighted by Gasteiger charge is 2.25. The fraction of sp³-hybridized carbons (Fsp3) is 0.900. The van der Waals surface area contributed by atoms with E-state index in [1.807, 2.05) is 0 Å². The van der Waals surface area contributed by atoms with Crippen LogP contribution in [0.25, 0.3) is 0 Å². The molecule has 0 spiro atoms. The number of hydrogen-bond donors (Lipinski definition) is 2. The summed E-state index contributed by atoms with van der Waals surface area (Å²) >= 11 is 0. The van der Waals surface area contributed by atoms with Crippen LogP contribution < -0.4 is 5.73 Å². The van der Waals surface area contributed by atoms with Crippen molar-refractivity contribution in [2.45, 2.75) is 44.8 Å². The first-order chi connectivity index (χ1) is 6.63. The molecule has 1 saturated heterocycles. The lowest BCUT2D eigenvalue weighted by atomic mass is 10.1. The van der Waals surface area contributed by atoms with Crippen LogP contribution in [-0.2, 0) is 4.79 Å². The summed E-state index contributed by atoms with van der Waals surface area (Å²) in [6.45, 7) is 3.22. The molecule has 0 radical (unpaired) electrons. The molecule has 4 nitrogen and oxygen atoms in total. The lowest BCUT2D eigenvalue weighted by molar-refractivity contribution is -0.130. The van der Waals surface area contributed by atoms with E-state index in [0.717, 1.165) is 12.8 Å². The van der Waals surface area contributed by atoms with E-state index in [1.54, 1.807) is 4.90 Å². The van der Waals surface area contributed by atoms with Gasteiger partial charge in [-0.3, -0.25) is 4.79 Å². The third kappa shape index (κ3) is 3.27. The lowest BCUT2D eigenvalue weighted by Crippen LogP contribution is -2.34. The fourth-order valence-corrected chi connectivity index (χ4v) is 1.79. The SMILES string of the molecule is CCCC(N)CC(=O)N1CC[C@H](O)C1. The summed E-state index contributed by atoms with van der Waals surface area (Å²) in [5.41, 5.74) is 5.78. The number of nitrogens with two attached hydrogens (primary N) is 1. The van der Waals surface area contributed by atoms with Crippen molar-refractivity contribution < 1.29 is 9.90 Å². The Morgan fingerprint density at radius 1 is 1.71 bits per heavy atom. The molecule has 1 aliphatic heterocycles. The van der Waals surface area contributed by atoms with Crippen LogP contribution in [-0.4, -0.2) is 41.1 Å². The maximum Gasteiger partial charge on any atom is 0.224 e. The lowest BCUT2D eigenvalue weighted by Gasteiger charge is -2.18. The van der Waals surface area contributed by atoms with Crippen LogP contribution in [0.4, 0.5) is 0 Å². The van der Waals surface area contributed by atoms with Crippen molar-refractivity contribution in [1.82, 2.24) is 4.90 Å². The summed E-state index contributed by atoms with van der Waals surface area (Å²) in [6, 6.07) is -0.0229. The van der Waals surface area contributed by atoms with Gasteiger partial charge in [0.1, 0.15) is 0 Å². The summed E-state index contributed by atoms with van der Waals surface area (Å²) in [6.07, 6.45) is 2.69. The number of likely N-dealkylation sites (tertiary alicyclic amines) is 1. The maximum absolute atomic E-state index is 11.6. The normalized spacial score (nSPS) is 23.9. The van der Waals surface area contributed by atoms with Crippen molar-refractivity contribution in [3.63, 3.8) is 0 Å². The molecule has 1 amide bonds. The summed E-state index contributed by atoms with van der Waals surface area (Å²) in [7, 11) is 0. The third-order valence-electron chi connectivity index (χ3n) is 2.61. The second-order valence-electron chi connectivity index (χ2n) is 4.04. The Balaban J connectivity index is 2.27. The first-order valence-corrected chi connectivity index (χ1v) is 5.35. The molecule has 1 heterocycles. The van der Waals surface area contributed by atoms with Crippen LogP contribution in [0.1, 0.15) is 32.6 Å². The largest absolute Gasteiger partial charge is 0.391 e. The molecule has 1 rings (SSSR count). The Morgan fingerprint density at radius 3 is 2.93 bits per heavy atom. The number of nitrogens with zero attached hydrogens (tertiary/aromatic N) is 1. The summed E-state index contributed by atoms with van der Waals surface area (Å²) < 4.78 is 0. The molecule has 1 unspecified atom stereocenters. The number of carbonyl (C=O) groups is 1. The van der Waals surface area contributed by atoms with E-state index in [0.29, 0.717) is 25.9 Å². The number of rotatable bonds is 4. The van der Waals surface area contributed by atoms with E-state index in [-0.39, 0.29) is 18.1 Å². The average molecular weight is 200 g/mol. The van der Waals surface area contributed by atoms with Crippen molar-refractivity contribution in [2.75, 3.05) is 13.1 Å². The minimum atomic E-state index is -0.332. The summed E-state index contributed by atoms with van der Waals surface area (Å²) in [5.74, 6) is 0.0856. The zero-order valence-electron chi connectivity index (χ0n) is 8.78. The van der Waals surface area contributed by atoms with E-state index >= 15 is 0 Å². The molecule has 0 aromatic carbocycles. The van der Waals surface area contributed by atoms with Crippen LogP contribution in [0.15, 0.2) is 0 Å². The monoisotopic (exact) mass is 200 g/mol. The molecule has 82 valence electrons. The minimum Gasteiger partial charge on any atom is -0.391 e. The molecule has 0 bridgehead atoms. The zero-order valence-corrected chi connectivity index (χ0v) is 8.78. The van der Waals surface area contributed by atoms with E-state index in [9.17, 15) is 9.90 Å². The van der Waals surface area contributed by atoms with Gasteiger partial charge < -0.3 is 15.7 Å². The molecule has 4 heteroatoms. The van der Waals surface area contributed by atoms with Crippen molar-refractivity contribution >= 4 is 5.91 Å². The van der Waals surface area contributed by atoms with Crippen molar-refractivity contribution in [1.29, 1.82) is 0 Å². The molecule has 3 N–H and O–H groups in total. The van der Waals surface area contributed by atoms with Crippen LogP contribution >= 0.6 is 0 Å². The number of amides is 1. The number of aliphatic hydroxyl groups is 1. The molecule has 0 saturated carbocycles. The average Bonchev–Trinajstić information content (AvgIpc) is 2.52. The number of β-amino-alcohol motifs (C(OH)–C–C–N with tert-alkyl or cyclic N) is 1. The van der Waals surface area contributed by atoms with Gasteiger partial charge >= 0.3 is 0 Å². The van der Waals surface area contributed by atoms with Gasteiger partial charge in [-0.2, -0.15) is 0 Å². The maximum atomic E-state index is 11.6. The summed E-state index contributed by atoms with van der Waals surface area (Å²) in [5, 5.41) is 9.26. The van der Waals surface area contributed by atoms with Gasteiger partial charge in [0.05, 0.1) is 6.10 Å². The third-order valence-corrected chi connectivity index (χ3v) is 2.61. The van der Waals surface area contributed by atoms with Gasteiger partial charge in [-0.05, 0) is 12.8 Å². The topological polar surface area (TPSA) is 66.6 Å². The van der Waals surface area contributed by atoms with Gasteiger partial charge in [0, 0.05) is 25.6 Å². The Bertz CT molecular complexity index is 197. The molecule has 14 heavy (non-hydrogen) atoms. The van der Waals surface area contributed by atoms with Crippen LogP contribution in [0.2, 0.25) is 0 Å². The van der Waals surface area contributed by atoms with Gasteiger partial charge in [-0.25, -0.2) is 0 Å². The van der Waals surface area contributed by atoms with Crippen LogP contribution in [0.5, 0.6) is 0 Å². The standard InChI is InChI=1S/C10H20N2O2/c1-2-3-8(11)6-10(14)12-5-4-9(13)7-12/h8-9,13H,2-7,11H2,1H3/t8?,9-/m0/s1. The highest BCUT2D eigenvalue weighted by atomic mass is 16.3. The predicted octanol–water partition coefficient (Wildman–Crippen LogP) is 0.0971. The second-order valence-corrected chi connectivity index (χ2v) is 4.04. The van der Waals surface area contributed by atoms with Gasteiger partial charge in [-0.1, -0.05) is 13.3 Å². The molecule has 0 aromatic rings. The number of carbonyl (C=O) groups excluding carboxylic acids is 1. The van der Waals surface area contributed by atoms with Crippen LogP contribution in [0, 0.1) is 0 Å². The highest BCUT2D eigenvalue weighted by molar-refractivity contribution is 5.77. The molecule has 1 aliphatic rings. The van der Waals surface area contributed by atoms with Crippen LogP contribution in [0.3, 0.4) is 0 Å². The molecular formula is C10H20N2O2. The van der Waals surface area contributed by atoms with Crippen molar-refractivity contribution in [3.8, 4) is 0 Å². The molecule has 0 aliphatic carbocycles. The minimum absolute atomic E-state index is 0.0229. The van der Waals surface area contributed by atoms with E-state index < -0.39 is 0 Å². The van der Waals surface area contributed by atoms with E-state index in [4.69, 9.17) is 5.73 Å². The van der Waals surface area contributed by atoms with Crippen molar-refractivity contribution in [3.05, 3.63) is 0 Å². The van der Waals surface area contributed by atoms with Gasteiger partial charge in [0.15, 0.2) is 0 Å². The smallest absolute Gasteiger partial charge is 0.224 e. The Labute approximate surface area is 85.1 Å². The van der Waals surface area contributed by atoms with Gasteiger partial charge in [0.2, 0.25) is 5.91 Å². The van der Waals surface area contributed by atoms with Gasteiger partial charge in [-0.15, -0.1) is 0 Å². The first kappa shape index (κ1) is 11.5. The Hall–Kier alpha value is -0.610. The summed E-state index contributed by atoms with van der Waals surface area (Å²) in [4.78, 5) is 13.3. The first-order valence-electron chi connectivity index (χ1n) is 5.35. The Kier molecular flexibility index (Phi) is 4.35. The highest BCUT2D eigenvalue weighted by Crippen LogP contribution is 2.11.